The van der Waals surface area contributed by atoms with Gasteiger partial charge in [-0.25, -0.2) is 0 Å². The summed E-state index contributed by atoms with van der Waals surface area (Å²) in [5.41, 5.74) is 0.240. The molecule has 1 heterocycles. The molecule has 0 aromatic carbocycles. The summed E-state index contributed by atoms with van der Waals surface area (Å²) in [6, 6.07) is 0. The Kier molecular flexibility index (Phi) is 4.71. The van der Waals surface area contributed by atoms with Crippen molar-refractivity contribution < 1.29 is 14.7 Å². The fraction of sp³-hybridized carbons (Fsp3) is 0.875. The Balaban J connectivity index is 2.04. The number of amides is 1. The lowest BCUT2D eigenvalue weighted by Crippen LogP contribution is -2.47. The second kappa shape index (κ2) is 6.15. The number of nitrogens with zero attached hydrogens (tertiary/aromatic N) is 1. The number of piperidine rings is 1. The zero-order chi connectivity index (χ0) is 14.8. The van der Waals surface area contributed by atoms with Crippen molar-refractivity contribution in [3.8, 4) is 0 Å². The van der Waals surface area contributed by atoms with Gasteiger partial charge in [-0.3, -0.25) is 9.59 Å². The number of hydrogen-bond donors (Lipinski definition) is 1. The Morgan fingerprint density at radius 3 is 2.60 bits per heavy atom. The molecule has 0 aromatic rings. The van der Waals surface area contributed by atoms with Crippen LogP contribution >= 0.6 is 0 Å². The van der Waals surface area contributed by atoms with Crippen LogP contribution in [0.3, 0.4) is 0 Å². The van der Waals surface area contributed by atoms with E-state index in [-0.39, 0.29) is 17.2 Å². The summed E-state index contributed by atoms with van der Waals surface area (Å²) in [5.74, 6) is -0.349. The first-order valence-corrected chi connectivity index (χ1v) is 7.92. The number of carboxylic acids is 1. The SMILES string of the molecule is CC(C)CC1(CN2CC(C(=O)O)CCC2=O)CCCC1. The summed E-state index contributed by atoms with van der Waals surface area (Å²) in [6.07, 6.45) is 6.92. The van der Waals surface area contributed by atoms with Crippen LogP contribution in [0.2, 0.25) is 0 Å². The van der Waals surface area contributed by atoms with Crippen LogP contribution in [-0.4, -0.2) is 35.0 Å². The van der Waals surface area contributed by atoms with Crippen molar-refractivity contribution in [2.45, 2.75) is 58.8 Å². The highest BCUT2D eigenvalue weighted by Gasteiger charge is 2.39. The summed E-state index contributed by atoms with van der Waals surface area (Å²) >= 11 is 0. The van der Waals surface area contributed by atoms with Gasteiger partial charge in [-0.2, -0.15) is 0 Å². The lowest BCUT2D eigenvalue weighted by Gasteiger charge is -2.39. The van der Waals surface area contributed by atoms with E-state index in [0.29, 0.717) is 25.3 Å². The molecule has 1 saturated heterocycles. The third kappa shape index (κ3) is 3.53. The smallest absolute Gasteiger partial charge is 0.308 e. The molecule has 0 radical (unpaired) electrons. The second-order valence-electron chi connectivity index (χ2n) is 7.15. The van der Waals surface area contributed by atoms with Gasteiger partial charge in [0, 0.05) is 19.5 Å². The Morgan fingerprint density at radius 2 is 2.05 bits per heavy atom. The molecule has 20 heavy (non-hydrogen) atoms. The number of carbonyl (C=O) groups is 2. The highest BCUT2D eigenvalue weighted by atomic mass is 16.4. The molecular weight excluding hydrogens is 254 g/mol. The predicted octanol–water partition coefficient (Wildman–Crippen LogP) is 2.92. The molecule has 1 aliphatic heterocycles. The fourth-order valence-corrected chi connectivity index (χ4v) is 4.09. The van der Waals surface area contributed by atoms with Crippen LogP contribution in [0.15, 0.2) is 0 Å². The van der Waals surface area contributed by atoms with E-state index >= 15 is 0 Å². The van der Waals surface area contributed by atoms with E-state index in [4.69, 9.17) is 0 Å². The maximum atomic E-state index is 12.1. The van der Waals surface area contributed by atoms with Crippen molar-refractivity contribution in [2.24, 2.45) is 17.3 Å². The molecule has 4 nitrogen and oxygen atoms in total. The van der Waals surface area contributed by atoms with Gasteiger partial charge in [-0.1, -0.05) is 26.7 Å². The van der Waals surface area contributed by atoms with Gasteiger partial charge in [0.25, 0.3) is 0 Å². The molecule has 0 bridgehead atoms. The van der Waals surface area contributed by atoms with Crippen molar-refractivity contribution in [2.75, 3.05) is 13.1 Å². The lowest BCUT2D eigenvalue weighted by atomic mass is 9.77. The third-order valence-electron chi connectivity index (χ3n) is 4.88. The van der Waals surface area contributed by atoms with Crippen molar-refractivity contribution in [1.29, 1.82) is 0 Å². The van der Waals surface area contributed by atoms with E-state index in [1.165, 1.54) is 25.7 Å². The molecule has 1 aliphatic carbocycles. The van der Waals surface area contributed by atoms with Crippen LogP contribution in [0.25, 0.3) is 0 Å². The van der Waals surface area contributed by atoms with Crippen LogP contribution in [-0.2, 0) is 9.59 Å². The van der Waals surface area contributed by atoms with E-state index in [2.05, 4.69) is 13.8 Å². The monoisotopic (exact) mass is 281 g/mol. The van der Waals surface area contributed by atoms with Gasteiger partial charge in [-0.15, -0.1) is 0 Å². The molecule has 0 spiro atoms. The molecular formula is C16H27NO3. The fourth-order valence-electron chi connectivity index (χ4n) is 4.09. The lowest BCUT2D eigenvalue weighted by molar-refractivity contribution is -0.148. The van der Waals surface area contributed by atoms with Gasteiger partial charge in [0.15, 0.2) is 0 Å². The van der Waals surface area contributed by atoms with Crippen molar-refractivity contribution >= 4 is 11.9 Å². The molecule has 1 saturated carbocycles. The van der Waals surface area contributed by atoms with Gasteiger partial charge in [0.1, 0.15) is 0 Å². The minimum atomic E-state index is -0.758. The van der Waals surface area contributed by atoms with Gasteiger partial charge >= 0.3 is 5.97 Å². The quantitative estimate of drug-likeness (QED) is 0.843. The van der Waals surface area contributed by atoms with E-state index in [1.54, 1.807) is 0 Å². The summed E-state index contributed by atoms with van der Waals surface area (Å²) in [4.78, 5) is 25.1. The summed E-state index contributed by atoms with van der Waals surface area (Å²) in [7, 11) is 0. The molecule has 4 heteroatoms. The topological polar surface area (TPSA) is 57.6 Å². The molecule has 2 fully saturated rings. The van der Waals surface area contributed by atoms with Gasteiger partial charge in [0.05, 0.1) is 5.92 Å². The normalized spacial score (nSPS) is 26.2. The Hall–Kier alpha value is -1.06. The number of hydrogen-bond acceptors (Lipinski definition) is 2. The first-order chi connectivity index (χ1) is 9.42. The zero-order valence-corrected chi connectivity index (χ0v) is 12.7. The molecule has 0 aromatic heterocycles. The van der Waals surface area contributed by atoms with Crippen LogP contribution in [0.4, 0.5) is 0 Å². The van der Waals surface area contributed by atoms with E-state index in [9.17, 15) is 14.7 Å². The Bertz CT molecular complexity index is 372. The maximum Gasteiger partial charge on any atom is 0.308 e. The molecule has 114 valence electrons. The average molecular weight is 281 g/mol. The average Bonchev–Trinajstić information content (AvgIpc) is 2.79. The standard InChI is InChI=1S/C16H27NO3/c1-12(2)9-16(7-3-4-8-16)11-17-10-13(15(19)20)5-6-14(17)18/h12-13H,3-11H2,1-2H3,(H,19,20). The van der Waals surface area contributed by atoms with E-state index in [0.717, 1.165) is 13.0 Å². The van der Waals surface area contributed by atoms with Gasteiger partial charge in [-0.05, 0) is 37.0 Å². The third-order valence-corrected chi connectivity index (χ3v) is 4.88. The van der Waals surface area contributed by atoms with Gasteiger partial charge in [0.2, 0.25) is 5.91 Å². The molecule has 1 unspecified atom stereocenters. The van der Waals surface area contributed by atoms with Crippen LogP contribution in [0.5, 0.6) is 0 Å². The van der Waals surface area contributed by atoms with E-state index in [1.807, 2.05) is 4.90 Å². The molecule has 2 rings (SSSR count). The Morgan fingerprint density at radius 1 is 1.40 bits per heavy atom. The largest absolute Gasteiger partial charge is 0.481 e. The van der Waals surface area contributed by atoms with Crippen LogP contribution in [0.1, 0.15) is 58.8 Å². The van der Waals surface area contributed by atoms with Crippen LogP contribution in [0, 0.1) is 17.3 Å². The van der Waals surface area contributed by atoms with E-state index < -0.39 is 5.97 Å². The molecule has 1 atom stereocenters. The minimum Gasteiger partial charge on any atom is -0.481 e. The first-order valence-electron chi connectivity index (χ1n) is 7.92. The minimum absolute atomic E-state index is 0.150. The summed E-state index contributed by atoms with van der Waals surface area (Å²) in [6.45, 7) is 5.65. The number of likely N-dealkylation sites (tertiary alicyclic amines) is 1. The number of rotatable bonds is 5. The summed E-state index contributed by atoms with van der Waals surface area (Å²) < 4.78 is 0. The van der Waals surface area contributed by atoms with Crippen molar-refractivity contribution in [3.05, 3.63) is 0 Å². The van der Waals surface area contributed by atoms with Gasteiger partial charge < -0.3 is 10.0 Å². The summed E-state index contributed by atoms with van der Waals surface area (Å²) in [5, 5.41) is 9.17. The number of carbonyl (C=O) groups excluding carboxylic acids is 1. The number of aliphatic carboxylic acids is 1. The first kappa shape index (κ1) is 15.3. The Labute approximate surface area is 121 Å². The number of carboxylic acid groups (broad SMARTS) is 1. The predicted molar refractivity (Wildman–Crippen MR) is 77.3 cm³/mol. The molecule has 1 N–H and O–H groups in total. The maximum absolute atomic E-state index is 12.1. The van der Waals surface area contributed by atoms with Crippen LogP contribution < -0.4 is 0 Å². The zero-order valence-electron chi connectivity index (χ0n) is 12.7. The van der Waals surface area contributed by atoms with Crippen molar-refractivity contribution in [3.63, 3.8) is 0 Å². The molecule has 2 aliphatic rings. The van der Waals surface area contributed by atoms with Crippen molar-refractivity contribution in [1.82, 2.24) is 4.90 Å². The second-order valence-corrected chi connectivity index (χ2v) is 7.15. The highest BCUT2D eigenvalue weighted by Crippen LogP contribution is 2.44. The molecule has 1 amide bonds. The highest BCUT2D eigenvalue weighted by molar-refractivity contribution is 5.80.